The number of fused-ring (bicyclic) bond motifs is 1. The Balaban J connectivity index is 1.77. The van der Waals surface area contributed by atoms with Gasteiger partial charge >= 0.3 is 0 Å². The van der Waals surface area contributed by atoms with Gasteiger partial charge in [0.15, 0.2) is 5.82 Å². The molecule has 1 aliphatic rings. The fourth-order valence-corrected chi connectivity index (χ4v) is 3.70. The van der Waals surface area contributed by atoms with Gasteiger partial charge in [-0.3, -0.25) is 0 Å². The second-order valence-electron chi connectivity index (χ2n) is 4.98. The molecule has 3 rings (SSSR count). The van der Waals surface area contributed by atoms with E-state index in [-0.39, 0.29) is 11.6 Å². The Morgan fingerprint density at radius 2 is 2.00 bits per heavy atom. The van der Waals surface area contributed by atoms with Gasteiger partial charge in [0, 0.05) is 23.1 Å². The van der Waals surface area contributed by atoms with Crippen LogP contribution in [0.4, 0.5) is 14.5 Å². The molecule has 1 aliphatic heterocycles. The lowest BCUT2D eigenvalue weighted by Gasteiger charge is -2.15. The molecule has 2 aromatic carbocycles. The number of hydrogen-bond donors (Lipinski definition) is 1. The van der Waals surface area contributed by atoms with E-state index in [1.165, 1.54) is 22.6 Å². The van der Waals surface area contributed by atoms with Crippen molar-refractivity contribution in [2.75, 3.05) is 17.6 Å². The molecular weight excluding hydrogens is 276 g/mol. The molecule has 0 radical (unpaired) electrons. The number of hydrogen-bond acceptors (Lipinski definition) is 2. The van der Waals surface area contributed by atoms with Gasteiger partial charge in [0.05, 0.1) is 0 Å². The molecule has 104 valence electrons. The van der Waals surface area contributed by atoms with Crippen LogP contribution in [0.3, 0.4) is 0 Å². The molecule has 2 aromatic rings. The number of benzene rings is 2. The SMILES string of the molecule is Cc1ccc(F)c(NCC2CSc3ccccc32)c1F. The highest BCUT2D eigenvalue weighted by atomic mass is 32.2. The summed E-state index contributed by atoms with van der Waals surface area (Å²) >= 11 is 1.80. The van der Waals surface area contributed by atoms with Crippen molar-refractivity contribution in [2.45, 2.75) is 17.7 Å². The summed E-state index contributed by atoms with van der Waals surface area (Å²) in [5, 5.41) is 2.94. The Morgan fingerprint density at radius 1 is 1.20 bits per heavy atom. The molecule has 20 heavy (non-hydrogen) atoms. The van der Waals surface area contributed by atoms with Gasteiger partial charge in [0.2, 0.25) is 0 Å². The van der Waals surface area contributed by atoms with Crippen molar-refractivity contribution in [1.82, 2.24) is 0 Å². The first-order chi connectivity index (χ1) is 9.66. The summed E-state index contributed by atoms with van der Waals surface area (Å²) in [6.45, 7) is 2.18. The van der Waals surface area contributed by atoms with Gasteiger partial charge in [-0.15, -0.1) is 11.8 Å². The van der Waals surface area contributed by atoms with E-state index in [0.717, 1.165) is 5.75 Å². The standard InChI is InChI=1S/C16H15F2NS/c1-10-6-7-13(17)16(15(10)18)19-8-11-9-20-14-5-3-2-4-12(11)14/h2-7,11,19H,8-9H2,1H3. The average molecular weight is 291 g/mol. The van der Waals surface area contributed by atoms with Crippen molar-refractivity contribution in [3.05, 3.63) is 59.2 Å². The largest absolute Gasteiger partial charge is 0.380 e. The van der Waals surface area contributed by atoms with Gasteiger partial charge < -0.3 is 5.32 Å². The minimum atomic E-state index is -0.535. The van der Waals surface area contributed by atoms with E-state index in [2.05, 4.69) is 17.4 Å². The molecule has 1 atom stereocenters. The second kappa shape index (κ2) is 5.44. The molecule has 0 spiro atoms. The molecule has 0 aromatic heterocycles. The maximum absolute atomic E-state index is 13.9. The topological polar surface area (TPSA) is 12.0 Å². The van der Waals surface area contributed by atoms with Crippen LogP contribution in [0, 0.1) is 18.6 Å². The highest BCUT2D eigenvalue weighted by Crippen LogP contribution is 2.39. The molecule has 0 amide bonds. The Hall–Kier alpha value is -1.55. The normalized spacial score (nSPS) is 17.1. The third-order valence-corrected chi connectivity index (χ3v) is 4.86. The zero-order valence-corrected chi connectivity index (χ0v) is 11.9. The molecule has 0 fully saturated rings. The highest BCUT2D eigenvalue weighted by molar-refractivity contribution is 7.99. The maximum Gasteiger partial charge on any atom is 0.152 e. The van der Waals surface area contributed by atoms with Gasteiger partial charge in [0.25, 0.3) is 0 Å². The summed E-state index contributed by atoms with van der Waals surface area (Å²) < 4.78 is 27.6. The summed E-state index contributed by atoms with van der Waals surface area (Å²) in [7, 11) is 0. The first kappa shape index (κ1) is 13.4. The molecule has 0 saturated carbocycles. The van der Waals surface area contributed by atoms with Crippen molar-refractivity contribution < 1.29 is 8.78 Å². The van der Waals surface area contributed by atoms with Gasteiger partial charge in [-0.1, -0.05) is 24.3 Å². The molecule has 1 N–H and O–H groups in total. The quantitative estimate of drug-likeness (QED) is 0.888. The maximum atomic E-state index is 13.9. The predicted molar refractivity (Wildman–Crippen MR) is 79.5 cm³/mol. The van der Waals surface area contributed by atoms with Crippen LogP contribution in [-0.4, -0.2) is 12.3 Å². The molecule has 1 heterocycles. The second-order valence-corrected chi connectivity index (χ2v) is 6.04. The fraction of sp³-hybridized carbons (Fsp3) is 0.250. The Labute approximate surface area is 121 Å². The summed E-state index contributed by atoms with van der Waals surface area (Å²) in [6, 6.07) is 11.0. The summed E-state index contributed by atoms with van der Waals surface area (Å²) in [4.78, 5) is 1.27. The first-order valence-electron chi connectivity index (χ1n) is 6.57. The van der Waals surface area contributed by atoms with E-state index in [9.17, 15) is 8.78 Å². The first-order valence-corrected chi connectivity index (χ1v) is 7.55. The Bertz CT molecular complexity index is 642. The lowest BCUT2D eigenvalue weighted by Crippen LogP contribution is -2.14. The van der Waals surface area contributed by atoms with Gasteiger partial charge in [-0.05, 0) is 30.2 Å². The number of nitrogens with one attached hydrogen (secondary N) is 1. The van der Waals surface area contributed by atoms with Crippen molar-refractivity contribution in [2.24, 2.45) is 0 Å². The predicted octanol–water partition coefficient (Wildman–Crippen LogP) is 4.57. The molecule has 4 heteroatoms. The van der Waals surface area contributed by atoms with Crippen LogP contribution in [0.15, 0.2) is 41.3 Å². The average Bonchev–Trinajstić information content (AvgIpc) is 2.87. The van der Waals surface area contributed by atoms with Gasteiger partial charge in [-0.25, -0.2) is 8.78 Å². The number of anilines is 1. The molecule has 0 saturated heterocycles. The van der Waals surface area contributed by atoms with Crippen molar-refractivity contribution >= 4 is 17.4 Å². The van der Waals surface area contributed by atoms with Gasteiger partial charge in [0.1, 0.15) is 11.5 Å². The lowest BCUT2D eigenvalue weighted by atomic mass is 10.0. The van der Waals surface area contributed by atoms with Crippen LogP contribution < -0.4 is 5.32 Å². The number of halogens is 2. The van der Waals surface area contributed by atoms with E-state index >= 15 is 0 Å². The zero-order chi connectivity index (χ0) is 14.1. The molecular formula is C16H15F2NS. The van der Waals surface area contributed by atoms with E-state index in [4.69, 9.17) is 0 Å². The van der Waals surface area contributed by atoms with Crippen LogP contribution >= 0.6 is 11.8 Å². The number of thioether (sulfide) groups is 1. The highest BCUT2D eigenvalue weighted by Gasteiger charge is 2.23. The molecule has 0 bridgehead atoms. The smallest absolute Gasteiger partial charge is 0.152 e. The van der Waals surface area contributed by atoms with Crippen LogP contribution in [0.1, 0.15) is 17.0 Å². The minimum absolute atomic E-state index is 0.0145. The Kier molecular flexibility index (Phi) is 3.66. The lowest BCUT2D eigenvalue weighted by molar-refractivity contribution is 0.581. The van der Waals surface area contributed by atoms with E-state index in [1.54, 1.807) is 18.7 Å². The van der Waals surface area contributed by atoms with Crippen LogP contribution in [0.25, 0.3) is 0 Å². The van der Waals surface area contributed by atoms with E-state index in [1.807, 2.05) is 12.1 Å². The van der Waals surface area contributed by atoms with Crippen molar-refractivity contribution in [3.8, 4) is 0 Å². The minimum Gasteiger partial charge on any atom is -0.380 e. The summed E-state index contributed by atoms with van der Waals surface area (Å²) in [5.74, 6) is 0.202. The van der Waals surface area contributed by atoms with Gasteiger partial charge in [-0.2, -0.15) is 0 Å². The Morgan fingerprint density at radius 3 is 2.85 bits per heavy atom. The van der Waals surface area contributed by atoms with Crippen LogP contribution in [0.2, 0.25) is 0 Å². The monoisotopic (exact) mass is 291 g/mol. The number of rotatable bonds is 3. The molecule has 1 unspecified atom stereocenters. The van der Waals surface area contributed by atoms with Crippen LogP contribution in [-0.2, 0) is 0 Å². The van der Waals surface area contributed by atoms with Crippen molar-refractivity contribution in [1.29, 1.82) is 0 Å². The molecule has 0 aliphatic carbocycles. The summed E-state index contributed by atoms with van der Waals surface area (Å²) in [6.07, 6.45) is 0. The molecule has 1 nitrogen and oxygen atoms in total. The third kappa shape index (κ3) is 2.40. The zero-order valence-electron chi connectivity index (χ0n) is 11.1. The van der Waals surface area contributed by atoms with Crippen LogP contribution in [0.5, 0.6) is 0 Å². The van der Waals surface area contributed by atoms with Crippen molar-refractivity contribution in [3.63, 3.8) is 0 Å². The third-order valence-electron chi connectivity index (χ3n) is 3.61. The number of aryl methyl sites for hydroxylation is 1. The summed E-state index contributed by atoms with van der Waals surface area (Å²) in [5.41, 5.74) is 1.70. The fourth-order valence-electron chi connectivity index (χ4n) is 2.44. The van der Waals surface area contributed by atoms with E-state index < -0.39 is 11.6 Å². The van der Waals surface area contributed by atoms with E-state index in [0.29, 0.717) is 12.1 Å².